The van der Waals surface area contributed by atoms with Crippen LogP contribution in [0.5, 0.6) is 0 Å². The van der Waals surface area contributed by atoms with Crippen LogP contribution in [0.25, 0.3) is 11.1 Å². The van der Waals surface area contributed by atoms with Gasteiger partial charge >= 0.3 is 6.03 Å². The van der Waals surface area contributed by atoms with Crippen molar-refractivity contribution in [3.8, 4) is 11.1 Å². The summed E-state index contributed by atoms with van der Waals surface area (Å²) in [4.78, 5) is 17.0. The molecule has 2 saturated heterocycles. The summed E-state index contributed by atoms with van der Waals surface area (Å²) in [5.74, 6) is -1.21. The Hall–Kier alpha value is -3.29. The third-order valence-corrected chi connectivity index (χ3v) is 7.23. The number of urea groups is 1. The highest BCUT2D eigenvalue weighted by molar-refractivity contribution is 5.89. The number of hydrogen-bond donors (Lipinski definition) is 2. The van der Waals surface area contributed by atoms with Gasteiger partial charge in [0.15, 0.2) is 0 Å². The third kappa shape index (κ3) is 4.79. The van der Waals surface area contributed by atoms with Crippen molar-refractivity contribution < 1.29 is 18.7 Å². The van der Waals surface area contributed by atoms with Crippen molar-refractivity contribution in [3.63, 3.8) is 0 Å². The van der Waals surface area contributed by atoms with Gasteiger partial charge in [0.25, 0.3) is 0 Å². The lowest BCUT2D eigenvalue weighted by Crippen LogP contribution is -2.68. The molecule has 0 bridgehead atoms. The van der Waals surface area contributed by atoms with E-state index >= 15 is 0 Å². The zero-order chi connectivity index (χ0) is 24.4. The monoisotopic (exact) mass is 477 g/mol. The average molecular weight is 478 g/mol. The van der Waals surface area contributed by atoms with E-state index in [4.69, 9.17) is 0 Å². The predicted molar refractivity (Wildman–Crippen MR) is 132 cm³/mol. The molecule has 2 heterocycles. The molecule has 5 nitrogen and oxygen atoms in total. The molecule has 35 heavy (non-hydrogen) atoms. The molecule has 2 fully saturated rings. The fourth-order valence-electron chi connectivity index (χ4n) is 5.44. The van der Waals surface area contributed by atoms with E-state index in [9.17, 15) is 18.7 Å². The lowest BCUT2D eigenvalue weighted by atomic mass is 9.74. The smallest absolute Gasteiger partial charge is 0.321 e. The van der Waals surface area contributed by atoms with Gasteiger partial charge in [-0.1, -0.05) is 54.6 Å². The first-order valence-corrected chi connectivity index (χ1v) is 12.1. The maximum Gasteiger partial charge on any atom is 0.321 e. The summed E-state index contributed by atoms with van der Waals surface area (Å²) in [5, 5.41) is 12.7. The molecule has 2 amide bonds. The number of nitrogens with one attached hydrogen (secondary N) is 1. The first-order chi connectivity index (χ1) is 17.0. The van der Waals surface area contributed by atoms with Crippen molar-refractivity contribution in [2.75, 3.05) is 31.6 Å². The van der Waals surface area contributed by atoms with Crippen molar-refractivity contribution in [1.29, 1.82) is 0 Å². The molecule has 3 atom stereocenters. The fraction of sp³-hybridized carbons (Fsp3) is 0.321. The van der Waals surface area contributed by atoms with Crippen LogP contribution in [0.15, 0.2) is 72.8 Å². The number of rotatable bonds is 4. The number of amides is 2. The largest absolute Gasteiger partial charge is 0.395 e. The number of hydrogen-bond acceptors (Lipinski definition) is 3. The summed E-state index contributed by atoms with van der Waals surface area (Å²) in [6.45, 7) is 1.89. The maximum absolute atomic E-state index is 14.1. The van der Waals surface area contributed by atoms with Crippen LogP contribution >= 0.6 is 0 Å². The van der Waals surface area contributed by atoms with Gasteiger partial charge in [0.1, 0.15) is 11.6 Å². The molecule has 0 saturated carbocycles. The lowest BCUT2D eigenvalue weighted by Gasteiger charge is -2.57. The number of benzene rings is 3. The number of carbonyl (C=O) groups is 1. The first-order valence-electron chi connectivity index (χ1n) is 12.1. The summed E-state index contributed by atoms with van der Waals surface area (Å²) in [6.07, 6.45) is 1.70. The minimum Gasteiger partial charge on any atom is -0.395 e. The Labute approximate surface area is 204 Å². The molecule has 2 N–H and O–H groups in total. The van der Waals surface area contributed by atoms with Gasteiger partial charge in [-0.05, 0) is 48.2 Å². The molecule has 182 valence electrons. The number of aliphatic hydroxyl groups excluding tert-OH is 1. The van der Waals surface area contributed by atoms with E-state index in [1.165, 1.54) is 0 Å². The van der Waals surface area contributed by atoms with E-state index in [0.717, 1.165) is 54.3 Å². The Morgan fingerprint density at radius 1 is 0.943 bits per heavy atom. The zero-order valence-electron chi connectivity index (χ0n) is 19.4. The molecule has 2 aliphatic rings. The van der Waals surface area contributed by atoms with E-state index in [2.05, 4.69) is 46.6 Å². The topological polar surface area (TPSA) is 55.8 Å². The van der Waals surface area contributed by atoms with Crippen LogP contribution in [-0.4, -0.2) is 59.3 Å². The lowest BCUT2D eigenvalue weighted by molar-refractivity contribution is -0.0585. The molecule has 7 heteroatoms. The Balaban J connectivity index is 1.35. The zero-order valence-corrected chi connectivity index (χ0v) is 19.4. The third-order valence-electron chi connectivity index (χ3n) is 7.23. The fourth-order valence-corrected chi connectivity index (χ4v) is 5.44. The van der Waals surface area contributed by atoms with Crippen LogP contribution in [0.3, 0.4) is 0 Å². The number of aliphatic hydroxyl groups is 1. The van der Waals surface area contributed by atoms with Crippen LogP contribution in [0.4, 0.5) is 19.3 Å². The summed E-state index contributed by atoms with van der Waals surface area (Å²) in [6, 6.07) is 21.2. The van der Waals surface area contributed by atoms with Gasteiger partial charge in [0, 0.05) is 37.2 Å². The van der Waals surface area contributed by atoms with E-state index in [1.54, 1.807) is 4.90 Å². The Morgan fingerprint density at radius 2 is 1.66 bits per heavy atom. The second-order valence-corrected chi connectivity index (χ2v) is 9.28. The first kappa shape index (κ1) is 23.5. The second kappa shape index (κ2) is 10.1. The molecule has 3 aromatic rings. The predicted octanol–water partition coefficient (Wildman–Crippen LogP) is 5.09. The number of halogens is 2. The normalized spacial score (nSPS) is 22.5. The highest BCUT2D eigenvalue weighted by Gasteiger charge is 2.49. The Kier molecular flexibility index (Phi) is 6.79. The molecule has 0 aromatic heterocycles. The van der Waals surface area contributed by atoms with Crippen LogP contribution in [0.1, 0.15) is 24.3 Å². The van der Waals surface area contributed by atoms with Crippen molar-refractivity contribution in [2.24, 2.45) is 0 Å². The van der Waals surface area contributed by atoms with Crippen molar-refractivity contribution in [1.82, 2.24) is 9.80 Å². The average Bonchev–Trinajstić information content (AvgIpc) is 2.86. The maximum atomic E-state index is 14.1. The van der Waals surface area contributed by atoms with Crippen molar-refractivity contribution in [3.05, 3.63) is 90.0 Å². The van der Waals surface area contributed by atoms with Gasteiger partial charge in [-0.2, -0.15) is 0 Å². The van der Waals surface area contributed by atoms with Crippen LogP contribution < -0.4 is 5.32 Å². The van der Waals surface area contributed by atoms with E-state index < -0.39 is 17.7 Å². The molecular formula is C28H29F2N3O2. The summed E-state index contributed by atoms with van der Waals surface area (Å²) >= 11 is 0. The Morgan fingerprint density at radius 3 is 2.40 bits per heavy atom. The molecule has 0 spiro atoms. The van der Waals surface area contributed by atoms with E-state index in [0.29, 0.717) is 13.1 Å². The van der Waals surface area contributed by atoms with Gasteiger partial charge in [0.05, 0.1) is 12.3 Å². The summed E-state index contributed by atoms with van der Waals surface area (Å²) in [7, 11) is 0. The molecule has 3 aromatic carbocycles. The molecule has 0 unspecified atom stereocenters. The quantitative estimate of drug-likeness (QED) is 0.551. The molecular weight excluding hydrogens is 448 g/mol. The van der Waals surface area contributed by atoms with Crippen LogP contribution in [0.2, 0.25) is 0 Å². The van der Waals surface area contributed by atoms with Gasteiger partial charge in [-0.3, -0.25) is 4.90 Å². The van der Waals surface area contributed by atoms with Gasteiger partial charge in [0.2, 0.25) is 0 Å². The summed E-state index contributed by atoms with van der Waals surface area (Å²) in [5.41, 5.74) is 3.24. The van der Waals surface area contributed by atoms with E-state index in [1.807, 2.05) is 18.2 Å². The standard InChI is InChI=1S/C28H29F2N3O2/c29-22-12-13-23(30)24(16-22)31-28(35)32-14-4-5-15-33-25(17-32)27(26(33)18-34)21-10-8-20(9-11-21)19-6-2-1-3-7-19/h1-3,6-13,16,25-27,34H,4-5,14-15,17-18H2,(H,31,35)/t25-,26-,27+/m1/s1. The molecule has 0 radical (unpaired) electrons. The minimum absolute atomic E-state index is 0.00810. The Bertz CT molecular complexity index is 1170. The van der Waals surface area contributed by atoms with Crippen molar-refractivity contribution >= 4 is 11.7 Å². The van der Waals surface area contributed by atoms with Gasteiger partial charge < -0.3 is 15.3 Å². The number of nitrogens with zero attached hydrogens (tertiary/aromatic N) is 2. The molecule has 2 aliphatic heterocycles. The number of carbonyl (C=O) groups excluding carboxylic acids is 1. The minimum atomic E-state index is -0.672. The van der Waals surface area contributed by atoms with Crippen LogP contribution in [-0.2, 0) is 0 Å². The number of anilines is 1. The summed E-state index contributed by atoms with van der Waals surface area (Å²) < 4.78 is 27.7. The molecule has 0 aliphatic carbocycles. The van der Waals surface area contributed by atoms with Crippen LogP contribution in [0, 0.1) is 11.6 Å². The van der Waals surface area contributed by atoms with Gasteiger partial charge in [-0.15, -0.1) is 0 Å². The second-order valence-electron chi connectivity index (χ2n) is 9.28. The number of fused-ring (bicyclic) bond motifs is 1. The van der Waals surface area contributed by atoms with Gasteiger partial charge in [-0.25, -0.2) is 13.6 Å². The van der Waals surface area contributed by atoms with Crippen molar-refractivity contribution in [2.45, 2.75) is 30.8 Å². The van der Waals surface area contributed by atoms with E-state index in [-0.39, 0.29) is 30.3 Å². The highest BCUT2D eigenvalue weighted by atomic mass is 19.1. The SMILES string of the molecule is O=C(Nc1cc(F)ccc1F)N1CCCCN2[C@H](CO)[C@@H](c3ccc(-c4ccccc4)cc3)[C@H]2C1. The highest BCUT2D eigenvalue weighted by Crippen LogP contribution is 2.42. The molecule has 5 rings (SSSR count).